The second-order valence-corrected chi connectivity index (χ2v) is 4.91. The minimum atomic E-state index is -0.909. The standard InChI is InChI=1S/C15H18FNO3/c1-3-15(19,4-2)9-17-14(18)13-8-10-7-11(16)5-6-12(10)20-13/h5-8,19H,3-4,9H2,1-2H3,(H,17,18). The summed E-state index contributed by atoms with van der Waals surface area (Å²) in [4.78, 5) is 12.0. The van der Waals surface area contributed by atoms with Gasteiger partial charge in [-0.05, 0) is 37.1 Å². The SMILES string of the molecule is CCC(O)(CC)CNC(=O)c1cc2cc(F)ccc2o1. The number of nitrogens with one attached hydrogen (secondary N) is 1. The van der Waals surface area contributed by atoms with E-state index in [1.165, 1.54) is 24.3 Å². The zero-order valence-electron chi connectivity index (χ0n) is 11.6. The molecule has 4 nitrogen and oxygen atoms in total. The van der Waals surface area contributed by atoms with E-state index >= 15 is 0 Å². The molecule has 1 heterocycles. The Morgan fingerprint density at radius 3 is 2.70 bits per heavy atom. The van der Waals surface area contributed by atoms with Crippen LogP contribution in [0.5, 0.6) is 0 Å². The summed E-state index contributed by atoms with van der Waals surface area (Å²) in [5.41, 5.74) is -0.453. The highest BCUT2D eigenvalue weighted by atomic mass is 19.1. The van der Waals surface area contributed by atoms with Crippen LogP contribution in [-0.2, 0) is 0 Å². The molecule has 0 bridgehead atoms. The Bertz CT molecular complexity index is 617. The van der Waals surface area contributed by atoms with Crippen molar-refractivity contribution in [3.05, 3.63) is 35.8 Å². The summed E-state index contributed by atoms with van der Waals surface area (Å²) in [6.45, 7) is 3.88. The van der Waals surface area contributed by atoms with Gasteiger partial charge in [0.25, 0.3) is 5.91 Å². The lowest BCUT2D eigenvalue weighted by Crippen LogP contribution is -2.41. The molecular formula is C15H18FNO3. The largest absolute Gasteiger partial charge is 0.451 e. The molecular weight excluding hydrogens is 261 g/mol. The average Bonchev–Trinajstić information content (AvgIpc) is 2.87. The zero-order valence-corrected chi connectivity index (χ0v) is 11.6. The van der Waals surface area contributed by atoms with Crippen LogP contribution < -0.4 is 5.32 Å². The van der Waals surface area contributed by atoms with Crippen molar-refractivity contribution in [2.24, 2.45) is 0 Å². The Labute approximate surface area is 116 Å². The van der Waals surface area contributed by atoms with E-state index in [2.05, 4.69) is 5.32 Å². The van der Waals surface area contributed by atoms with Crippen LogP contribution in [-0.4, -0.2) is 23.2 Å². The molecule has 2 rings (SSSR count). The van der Waals surface area contributed by atoms with Crippen molar-refractivity contribution in [1.82, 2.24) is 5.32 Å². The van der Waals surface area contributed by atoms with Gasteiger partial charge in [-0.1, -0.05) is 13.8 Å². The first kappa shape index (κ1) is 14.5. The predicted octanol–water partition coefficient (Wildman–Crippen LogP) is 2.85. The third-order valence-corrected chi connectivity index (χ3v) is 3.60. The molecule has 0 aliphatic carbocycles. The fourth-order valence-corrected chi connectivity index (χ4v) is 1.96. The van der Waals surface area contributed by atoms with E-state index in [4.69, 9.17) is 4.42 Å². The Hall–Kier alpha value is -1.88. The number of aliphatic hydroxyl groups is 1. The van der Waals surface area contributed by atoms with Gasteiger partial charge in [0.2, 0.25) is 0 Å². The van der Waals surface area contributed by atoms with Gasteiger partial charge in [-0.25, -0.2) is 4.39 Å². The van der Waals surface area contributed by atoms with Crippen LogP contribution in [0.25, 0.3) is 11.0 Å². The van der Waals surface area contributed by atoms with Gasteiger partial charge in [-0.15, -0.1) is 0 Å². The van der Waals surface area contributed by atoms with E-state index in [-0.39, 0.29) is 18.1 Å². The van der Waals surface area contributed by atoms with Crippen molar-refractivity contribution < 1.29 is 18.7 Å². The van der Waals surface area contributed by atoms with E-state index < -0.39 is 11.5 Å². The van der Waals surface area contributed by atoms with Crippen LogP contribution >= 0.6 is 0 Å². The molecule has 0 saturated heterocycles. The maximum atomic E-state index is 13.1. The highest BCUT2D eigenvalue weighted by Gasteiger charge is 2.23. The minimum absolute atomic E-state index is 0.111. The van der Waals surface area contributed by atoms with Gasteiger partial charge >= 0.3 is 0 Å². The van der Waals surface area contributed by atoms with Gasteiger partial charge in [0.15, 0.2) is 5.76 Å². The Morgan fingerprint density at radius 1 is 1.35 bits per heavy atom. The lowest BCUT2D eigenvalue weighted by atomic mass is 9.97. The molecule has 0 aliphatic heterocycles. The van der Waals surface area contributed by atoms with E-state index in [0.29, 0.717) is 23.8 Å². The molecule has 1 aromatic carbocycles. The van der Waals surface area contributed by atoms with Gasteiger partial charge < -0.3 is 14.8 Å². The number of hydrogen-bond donors (Lipinski definition) is 2. The monoisotopic (exact) mass is 279 g/mol. The zero-order chi connectivity index (χ0) is 14.8. The molecule has 5 heteroatoms. The van der Waals surface area contributed by atoms with Crippen molar-refractivity contribution in [3.8, 4) is 0 Å². The van der Waals surface area contributed by atoms with Gasteiger partial charge in [-0.2, -0.15) is 0 Å². The maximum absolute atomic E-state index is 13.1. The van der Waals surface area contributed by atoms with Crippen LogP contribution in [0, 0.1) is 5.82 Å². The predicted molar refractivity (Wildman–Crippen MR) is 74.0 cm³/mol. The number of carbonyl (C=O) groups excluding carboxylic acids is 1. The van der Waals surface area contributed by atoms with Gasteiger partial charge in [0.05, 0.1) is 5.60 Å². The molecule has 0 spiro atoms. The number of fused-ring (bicyclic) bond motifs is 1. The number of amides is 1. The number of hydrogen-bond acceptors (Lipinski definition) is 3. The molecule has 0 atom stereocenters. The third-order valence-electron chi connectivity index (χ3n) is 3.60. The average molecular weight is 279 g/mol. The van der Waals surface area contributed by atoms with E-state index in [0.717, 1.165) is 0 Å². The second kappa shape index (κ2) is 5.63. The molecule has 0 aliphatic rings. The summed E-state index contributed by atoms with van der Waals surface area (Å²) in [6.07, 6.45) is 1.10. The lowest BCUT2D eigenvalue weighted by molar-refractivity contribution is 0.0310. The maximum Gasteiger partial charge on any atom is 0.287 e. The normalized spacial score (nSPS) is 11.8. The van der Waals surface area contributed by atoms with Crippen LogP contribution in [0.4, 0.5) is 4.39 Å². The summed E-state index contributed by atoms with van der Waals surface area (Å²) >= 11 is 0. The van der Waals surface area contributed by atoms with Crippen molar-refractivity contribution in [2.45, 2.75) is 32.3 Å². The van der Waals surface area contributed by atoms with Crippen molar-refractivity contribution >= 4 is 16.9 Å². The van der Waals surface area contributed by atoms with Crippen molar-refractivity contribution in [3.63, 3.8) is 0 Å². The molecule has 0 saturated carbocycles. The Kier molecular flexibility index (Phi) is 4.09. The van der Waals surface area contributed by atoms with E-state index in [1.807, 2.05) is 13.8 Å². The second-order valence-electron chi connectivity index (χ2n) is 4.91. The van der Waals surface area contributed by atoms with Gasteiger partial charge in [0, 0.05) is 11.9 Å². The fraction of sp³-hybridized carbons (Fsp3) is 0.400. The molecule has 108 valence electrons. The van der Waals surface area contributed by atoms with Crippen LogP contribution in [0.2, 0.25) is 0 Å². The number of rotatable bonds is 5. The number of furan rings is 1. The third kappa shape index (κ3) is 2.99. The Morgan fingerprint density at radius 2 is 2.05 bits per heavy atom. The first-order chi connectivity index (χ1) is 9.47. The minimum Gasteiger partial charge on any atom is -0.451 e. The summed E-state index contributed by atoms with van der Waals surface area (Å²) in [5, 5.41) is 13.3. The molecule has 1 aromatic heterocycles. The molecule has 20 heavy (non-hydrogen) atoms. The summed E-state index contributed by atoms with van der Waals surface area (Å²) < 4.78 is 18.4. The van der Waals surface area contributed by atoms with Crippen LogP contribution in [0.1, 0.15) is 37.2 Å². The topological polar surface area (TPSA) is 62.5 Å². The first-order valence-corrected chi connectivity index (χ1v) is 6.67. The molecule has 0 unspecified atom stereocenters. The summed E-state index contributed by atoms with van der Waals surface area (Å²) in [6, 6.07) is 5.56. The number of benzene rings is 1. The fourth-order valence-electron chi connectivity index (χ4n) is 1.96. The smallest absolute Gasteiger partial charge is 0.287 e. The molecule has 1 amide bonds. The van der Waals surface area contributed by atoms with Crippen molar-refractivity contribution in [2.75, 3.05) is 6.54 Å². The number of carbonyl (C=O) groups is 1. The molecule has 2 N–H and O–H groups in total. The molecule has 2 aromatic rings. The van der Waals surface area contributed by atoms with Crippen LogP contribution in [0.3, 0.4) is 0 Å². The van der Waals surface area contributed by atoms with Gasteiger partial charge in [-0.3, -0.25) is 4.79 Å². The quantitative estimate of drug-likeness (QED) is 0.884. The lowest BCUT2D eigenvalue weighted by Gasteiger charge is -2.24. The van der Waals surface area contributed by atoms with Crippen LogP contribution in [0.15, 0.2) is 28.7 Å². The van der Waals surface area contributed by atoms with E-state index in [1.54, 1.807) is 0 Å². The molecule has 0 radical (unpaired) electrons. The summed E-state index contributed by atoms with van der Waals surface area (Å²) in [5.74, 6) is -0.682. The van der Waals surface area contributed by atoms with Gasteiger partial charge in [0.1, 0.15) is 11.4 Å². The van der Waals surface area contributed by atoms with Crippen molar-refractivity contribution in [1.29, 1.82) is 0 Å². The highest BCUT2D eigenvalue weighted by Crippen LogP contribution is 2.20. The summed E-state index contributed by atoms with van der Waals surface area (Å²) in [7, 11) is 0. The highest BCUT2D eigenvalue weighted by molar-refractivity contribution is 5.96. The first-order valence-electron chi connectivity index (χ1n) is 6.67. The molecule has 0 fully saturated rings. The number of halogens is 1. The van der Waals surface area contributed by atoms with E-state index in [9.17, 15) is 14.3 Å². The Balaban J connectivity index is 2.11.